The Bertz CT molecular complexity index is 445. The smallest absolute Gasteiger partial charge is 0.335 e. The van der Waals surface area contributed by atoms with Crippen molar-refractivity contribution in [3.63, 3.8) is 0 Å². The summed E-state index contributed by atoms with van der Waals surface area (Å²) in [5.74, 6) is -2.30. The lowest BCUT2D eigenvalue weighted by Gasteiger charge is -2.29. The second kappa shape index (κ2) is 6.75. The molecule has 6 heteroatoms. The van der Waals surface area contributed by atoms with Gasteiger partial charge in [0.25, 0.3) is 0 Å². The van der Waals surface area contributed by atoms with Gasteiger partial charge in [-0.1, -0.05) is 6.92 Å². The van der Waals surface area contributed by atoms with Crippen LogP contribution in [0.5, 0.6) is 0 Å². The van der Waals surface area contributed by atoms with E-state index >= 15 is 0 Å². The van der Waals surface area contributed by atoms with Gasteiger partial charge in [-0.15, -0.1) is 0 Å². The lowest BCUT2D eigenvalue weighted by atomic mass is 10.1. The summed E-state index contributed by atoms with van der Waals surface area (Å²) in [6, 6.07) is 1.70. The first kappa shape index (κ1) is 15.8. The van der Waals surface area contributed by atoms with Crippen LogP contribution in [-0.4, -0.2) is 36.2 Å². The van der Waals surface area contributed by atoms with Gasteiger partial charge in [0.15, 0.2) is 0 Å². The number of carbonyl (C=O) groups is 1. The predicted molar refractivity (Wildman–Crippen MR) is 74.2 cm³/mol. The molecule has 1 unspecified atom stereocenters. The van der Waals surface area contributed by atoms with E-state index in [-0.39, 0.29) is 17.3 Å². The molecular weight excluding hydrogens is 272 g/mol. The zero-order valence-corrected chi connectivity index (χ0v) is 11.9. The summed E-state index contributed by atoms with van der Waals surface area (Å²) in [5, 5.41) is 8.75. The molecule has 0 aliphatic heterocycles. The summed E-state index contributed by atoms with van der Waals surface area (Å²) in [5.41, 5.74) is -0.559. The third-order valence-electron chi connectivity index (χ3n) is 2.99. The highest BCUT2D eigenvalue weighted by molar-refractivity contribution is 7.98. The van der Waals surface area contributed by atoms with E-state index in [4.69, 9.17) is 5.11 Å². The van der Waals surface area contributed by atoms with Crippen molar-refractivity contribution < 1.29 is 18.7 Å². The number of rotatable bonds is 6. The molecule has 0 fully saturated rings. The van der Waals surface area contributed by atoms with Gasteiger partial charge in [-0.05, 0) is 24.8 Å². The molecule has 0 aliphatic rings. The van der Waals surface area contributed by atoms with Crippen molar-refractivity contribution in [2.24, 2.45) is 0 Å². The number of carboxylic acids is 1. The predicted octanol–water partition coefficient (Wildman–Crippen LogP) is 3.24. The number of anilines is 1. The second-order valence-electron chi connectivity index (χ2n) is 4.22. The maximum absolute atomic E-state index is 13.9. The molecule has 0 saturated carbocycles. The number of nitrogens with zero attached hydrogens (tertiary/aromatic N) is 1. The van der Waals surface area contributed by atoms with Gasteiger partial charge in [-0.25, -0.2) is 13.6 Å². The Hall–Kier alpha value is -1.30. The Balaban J connectivity index is 3.16. The molecule has 1 aromatic carbocycles. The van der Waals surface area contributed by atoms with Crippen molar-refractivity contribution in [2.45, 2.75) is 19.4 Å². The average molecular weight is 289 g/mol. The Morgan fingerprint density at radius 1 is 1.42 bits per heavy atom. The minimum atomic E-state index is -1.34. The number of halogens is 2. The Kier molecular flexibility index (Phi) is 5.60. The standard InChI is InChI=1S/C13H17F2NO2S/c1-4-9(7-19-3)16(2)12-10(14)5-8(13(17)18)6-11(12)15/h5-6,9H,4,7H2,1-3H3,(H,17,18). The van der Waals surface area contributed by atoms with Crippen LogP contribution in [0, 0.1) is 11.6 Å². The van der Waals surface area contributed by atoms with E-state index in [9.17, 15) is 13.6 Å². The van der Waals surface area contributed by atoms with Gasteiger partial charge in [0, 0.05) is 18.8 Å². The Morgan fingerprint density at radius 2 is 1.95 bits per heavy atom. The van der Waals surface area contributed by atoms with E-state index in [1.165, 1.54) is 4.90 Å². The number of hydrogen-bond donors (Lipinski definition) is 1. The number of carboxylic acid groups (broad SMARTS) is 1. The summed E-state index contributed by atoms with van der Waals surface area (Å²) in [6.45, 7) is 1.94. The van der Waals surface area contributed by atoms with Gasteiger partial charge in [-0.2, -0.15) is 11.8 Å². The molecule has 1 atom stereocenters. The summed E-state index contributed by atoms with van der Waals surface area (Å²) in [4.78, 5) is 12.3. The van der Waals surface area contributed by atoms with Crippen LogP contribution in [0.1, 0.15) is 23.7 Å². The number of hydrogen-bond acceptors (Lipinski definition) is 3. The monoisotopic (exact) mass is 289 g/mol. The zero-order valence-electron chi connectivity index (χ0n) is 11.1. The van der Waals surface area contributed by atoms with E-state index in [0.29, 0.717) is 0 Å². The first-order valence-corrected chi connectivity index (χ1v) is 7.25. The van der Waals surface area contributed by atoms with E-state index in [1.54, 1.807) is 18.8 Å². The lowest BCUT2D eigenvalue weighted by Crippen LogP contribution is -2.34. The van der Waals surface area contributed by atoms with E-state index < -0.39 is 17.6 Å². The fraction of sp³-hybridized carbons (Fsp3) is 0.462. The van der Waals surface area contributed by atoms with E-state index in [1.807, 2.05) is 13.2 Å². The molecule has 1 aromatic rings. The molecule has 1 N–H and O–H groups in total. The molecule has 1 rings (SSSR count). The van der Waals surface area contributed by atoms with Crippen molar-refractivity contribution in [1.82, 2.24) is 0 Å². The third kappa shape index (κ3) is 3.59. The average Bonchev–Trinajstić information content (AvgIpc) is 2.34. The van der Waals surface area contributed by atoms with Crippen LogP contribution >= 0.6 is 11.8 Å². The van der Waals surface area contributed by atoms with Gasteiger partial charge in [0.1, 0.15) is 17.3 Å². The highest BCUT2D eigenvalue weighted by atomic mass is 32.2. The normalized spacial score (nSPS) is 12.3. The highest BCUT2D eigenvalue weighted by Crippen LogP contribution is 2.27. The summed E-state index contributed by atoms with van der Waals surface area (Å²) in [7, 11) is 1.62. The zero-order chi connectivity index (χ0) is 14.6. The maximum atomic E-state index is 13.9. The lowest BCUT2D eigenvalue weighted by molar-refractivity contribution is 0.0696. The Labute approximate surface area is 115 Å². The molecule has 0 spiro atoms. The minimum absolute atomic E-state index is 0.00493. The maximum Gasteiger partial charge on any atom is 0.335 e. The fourth-order valence-corrected chi connectivity index (χ4v) is 2.75. The highest BCUT2D eigenvalue weighted by Gasteiger charge is 2.22. The molecule has 0 bridgehead atoms. The van der Waals surface area contributed by atoms with Crippen LogP contribution in [0.2, 0.25) is 0 Å². The number of aromatic carboxylic acids is 1. The molecule has 0 heterocycles. The molecular formula is C13H17F2NO2S. The largest absolute Gasteiger partial charge is 0.478 e. The van der Waals surface area contributed by atoms with Crippen LogP contribution < -0.4 is 4.90 Å². The Morgan fingerprint density at radius 3 is 2.32 bits per heavy atom. The van der Waals surface area contributed by atoms with Crippen molar-refractivity contribution in [1.29, 1.82) is 0 Å². The van der Waals surface area contributed by atoms with Crippen LogP contribution in [0.4, 0.5) is 14.5 Å². The van der Waals surface area contributed by atoms with Crippen LogP contribution in [0.25, 0.3) is 0 Å². The van der Waals surface area contributed by atoms with Crippen LogP contribution in [-0.2, 0) is 0 Å². The first-order chi connectivity index (χ1) is 8.92. The van der Waals surface area contributed by atoms with Gasteiger partial charge in [0.05, 0.1) is 5.56 Å². The second-order valence-corrected chi connectivity index (χ2v) is 5.13. The molecule has 0 aromatic heterocycles. The summed E-state index contributed by atoms with van der Waals surface area (Å²) < 4.78 is 27.8. The molecule has 106 valence electrons. The fourth-order valence-electron chi connectivity index (χ4n) is 1.90. The number of thioether (sulfide) groups is 1. The van der Waals surface area contributed by atoms with Gasteiger partial charge in [0.2, 0.25) is 0 Å². The van der Waals surface area contributed by atoms with Gasteiger partial charge in [-0.3, -0.25) is 0 Å². The molecule has 0 amide bonds. The topological polar surface area (TPSA) is 40.5 Å². The van der Waals surface area contributed by atoms with Gasteiger partial charge >= 0.3 is 5.97 Å². The third-order valence-corrected chi connectivity index (χ3v) is 3.71. The van der Waals surface area contributed by atoms with Crippen LogP contribution in [0.15, 0.2) is 12.1 Å². The van der Waals surface area contributed by atoms with Crippen molar-refractivity contribution >= 4 is 23.4 Å². The summed E-state index contributed by atoms with van der Waals surface area (Å²) in [6.07, 6.45) is 2.67. The molecule has 3 nitrogen and oxygen atoms in total. The quantitative estimate of drug-likeness (QED) is 0.873. The molecule has 19 heavy (non-hydrogen) atoms. The molecule has 0 aliphatic carbocycles. The van der Waals surface area contributed by atoms with Crippen LogP contribution in [0.3, 0.4) is 0 Å². The van der Waals surface area contributed by atoms with Crippen molar-refractivity contribution in [3.8, 4) is 0 Å². The SMILES string of the molecule is CCC(CSC)N(C)c1c(F)cc(C(=O)O)cc1F. The first-order valence-electron chi connectivity index (χ1n) is 5.86. The number of benzene rings is 1. The van der Waals surface area contributed by atoms with Gasteiger partial charge < -0.3 is 10.0 Å². The molecule has 0 saturated heterocycles. The van der Waals surface area contributed by atoms with Crippen molar-refractivity contribution in [2.75, 3.05) is 24.0 Å². The van der Waals surface area contributed by atoms with Crippen molar-refractivity contribution in [3.05, 3.63) is 29.3 Å². The minimum Gasteiger partial charge on any atom is -0.478 e. The summed E-state index contributed by atoms with van der Waals surface area (Å²) >= 11 is 1.60. The molecule has 0 radical (unpaired) electrons. The van der Waals surface area contributed by atoms with E-state index in [2.05, 4.69) is 0 Å². The van der Waals surface area contributed by atoms with E-state index in [0.717, 1.165) is 24.3 Å².